The van der Waals surface area contributed by atoms with Crippen LogP contribution in [0.2, 0.25) is 0 Å². The van der Waals surface area contributed by atoms with E-state index in [0.717, 1.165) is 0 Å². The highest BCUT2D eigenvalue weighted by atomic mass is 19.1. The van der Waals surface area contributed by atoms with Crippen molar-refractivity contribution in [3.05, 3.63) is 24.0 Å². The lowest BCUT2D eigenvalue weighted by molar-refractivity contribution is -0.142. The van der Waals surface area contributed by atoms with Crippen LogP contribution in [0.3, 0.4) is 0 Å². The van der Waals surface area contributed by atoms with Crippen LogP contribution < -0.4 is 4.74 Å². The predicted octanol–water partition coefficient (Wildman–Crippen LogP) is 1.77. The molecule has 112 valence electrons. The molecule has 8 heteroatoms. The summed E-state index contributed by atoms with van der Waals surface area (Å²) in [7, 11) is 1.36. The van der Waals surface area contributed by atoms with Gasteiger partial charge in [-0.25, -0.2) is 9.07 Å². The van der Waals surface area contributed by atoms with Gasteiger partial charge in [-0.05, 0) is 42.5 Å². The van der Waals surface area contributed by atoms with Crippen molar-refractivity contribution in [2.75, 3.05) is 7.11 Å². The molecule has 2 unspecified atom stereocenters. The molecule has 1 aromatic carbocycles. The van der Waals surface area contributed by atoms with Gasteiger partial charge in [-0.2, -0.15) is 0 Å². The van der Waals surface area contributed by atoms with Crippen LogP contribution >= 0.6 is 0 Å². The molecule has 0 radical (unpaired) electrons. The quantitative estimate of drug-likeness (QED) is 0.903. The number of nitrogens with zero attached hydrogens (tertiary/aromatic N) is 4. The van der Waals surface area contributed by atoms with Crippen molar-refractivity contribution in [2.24, 2.45) is 5.92 Å². The third-order valence-corrected chi connectivity index (χ3v) is 3.40. The second-order valence-electron chi connectivity index (χ2n) is 4.66. The number of ether oxygens (including phenoxy) is 1. The number of aromatic nitrogens is 4. The number of hydrogen-bond acceptors (Lipinski definition) is 5. The Balaban J connectivity index is 2.43. The maximum Gasteiger partial charge on any atom is 0.308 e. The van der Waals surface area contributed by atoms with Gasteiger partial charge in [-0.15, -0.1) is 5.10 Å². The molecule has 7 nitrogen and oxygen atoms in total. The van der Waals surface area contributed by atoms with E-state index < -0.39 is 23.7 Å². The van der Waals surface area contributed by atoms with E-state index in [1.165, 1.54) is 30.0 Å². The number of tetrazole rings is 1. The molecule has 1 heterocycles. The van der Waals surface area contributed by atoms with Crippen LogP contribution in [0, 0.1) is 11.7 Å². The van der Waals surface area contributed by atoms with Gasteiger partial charge in [-0.1, -0.05) is 0 Å². The average Bonchev–Trinajstić information content (AvgIpc) is 2.95. The topological polar surface area (TPSA) is 90.1 Å². The van der Waals surface area contributed by atoms with Crippen molar-refractivity contribution in [2.45, 2.75) is 19.9 Å². The van der Waals surface area contributed by atoms with Crippen LogP contribution in [0.1, 0.15) is 19.9 Å². The minimum Gasteiger partial charge on any atom is -0.494 e. The van der Waals surface area contributed by atoms with E-state index in [4.69, 9.17) is 9.84 Å². The van der Waals surface area contributed by atoms with E-state index >= 15 is 0 Å². The molecule has 0 fully saturated rings. The van der Waals surface area contributed by atoms with Crippen molar-refractivity contribution >= 4 is 5.97 Å². The molecule has 1 aromatic heterocycles. The Bertz CT molecular complexity index is 659. The summed E-state index contributed by atoms with van der Waals surface area (Å²) in [4.78, 5) is 11.1. The third kappa shape index (κ3) is 2.83. The number of aliphatic carboxylic acids is 1. The van der Waals surface area contributed by atoms with Gasteiger partial charge >= 0.3 is 5.97 Å². The summed E-state index contributed by atoms with van der Waals surface area (Å²) >= 11 is 0. The third-order valence-electron chi connectivity index (χ3n) is 3.40. The number of hydrogen-bond donors (Lipinski definition) is 1. The molecular weight excluding hydrogens is 279 g/mol. The fourth-order valence-corrected chi connectivity index (χ4v) is 1.88. The number of halogens is 1. The zero-order chi connectivity index (χ0) is 15.6. The molecule has 21 heavy (non-hydrogen) atoms. The van der Waals surface area contributed by atoms with E-state index in [0.29, 0.717) is 11.4 Å². The average molecular weight is 294 g/mol. The number of rotatable bonds is 5. The Labute approximate surface area is 120 Å². The molecule has 0 spiro atoms. The van der Waals surface area contributed by atoms with Crippen LogP contribution in [0.5, 0.6) is 5.75 Å². The Morgan fingerprint density at radius 3 is 2.76 bits per heavy atom. The summed E-state index contributed by atoms with van der Waals surface area (Å²) in [5, 5.41) is 20.4. The minimum absolute atomic E-state index is 0.0704. The smallest absolute Gasteiger partial charge is 0.308 e. The fraction of sp³-hybridized carbons (Fsp3) is 0.385. The standard InChI is InChI=1S/C13H15FN4O3/c1-7(13(19)20)8(2)18-12(15-16-17-18)9-4-5-10(14)11(6-9)21-3/h4-8H,1-3H3,(H,19,20). The molecule has 0 bridgehead atoms. The summed E-state index contributed by atoms with van der Waals surface area (Å²) in [6.45, 7) is 3.28. The molecule has 2 atom stereocenters. The first-order chi connectivity index (χ1) is 9.95. The number of carbonyl (C=O) groups is 1. The second-order valence-corrected chi connectivity index (χ2v) is 4.66. The van der Waals surface area contributed by atoms with Crippen LogP contribution in [0.4, 0.5) is 4.39 Å². The van der Waals surface area contributed by atoms with Gasteiger partial charge in [0, 0.05) is 5.56 Å². The summed E-state index contributed by atoms with van der Waals surface area (Å²) < 4.78 is 19.8. The highest BCUT2D eigenvalue weighted by molar-refractivity contribution is 5.70. The summed E-state index contributed by atoms with van der Waals surface area (Å²) in [5.74, 6) is -1.68. The van der Waals surface area contributed by atoms with Crippen molar-refractivity contribution in [3.8, 4) is 17.1 Å². The normalized spacial score (nSPS) is 13.7. The molecule has 2 rings (SSSR count). The zero-order valence-electron chi connectivity index (χ0n) is 11.8. The SMILES string of the molecule is COc1cc(-c2nnnn2C(C)C(C)C(=O)O)ccc1F. The molecule has 0 aliphatic carbocycles. The van der Waals surface area contributed by atoms with E-state index in [1.807, 2.05) is 0 Å². The van der Waals surface area contributed by atoms with Crippen LogP contribution in [0.15, 0.2) is 18.2 Å². The van der Waals surface area contributed by atoms with Gasteiger partial charge in [0.15, 0.2) is 17.4 Å². The van der Waals surface area contributed by atoms with E-state index in [2.05, 4.69) is 15.5 Å². The van der Waals surface area contributed by atoms with Gasteiger partial charge in [0.05, 0.1) is 19.1 Å². The van der Waals surface area contributed by atoms with Gasteiger partial charge in [0.1, 0.15) is 0 Å². The minimum atomic E-state index is -0.944. The Morgan fingerprint density at radius 1 is 1.43 bits per heavy atom. The van der Waals surface area contributed by atoms with E-state index in [9.17, 15) is 9.18 Å². The molecular formula is C13H15FN4O3. The van der Waals surface area contributed by atoms with Crippen molar-refractivity contribution < 1.29 is 19.0 Å². The molecule has 1 N–H and O–H groups in total. The summed E-state index contributed by atoms with van der Waals surface area (Å²) in [5.41, 5.74) is 0.544. The molecule has 0 aliphatic rings. The first-order valence-corrected chi connectivity index (χ1v) is 6.30. The molecule has 0 saturated carbocycles. The first kappa shape index (κ1) is 14.9. The summed E-state index contributed by atoms with van der Waals surface area (Å²) in [6.07, 6.45) is 0. The highest BCUT2D eigenvalue weighted by Crippen LogP contribution is 2.27. The summed E-state index contributed by atoms with van der Waals surface area (Å²) in [6, 6.07) is 3.77. The maximum absolute atomic E-state index is 13.4. The predicted molar refractivity (Wildman–Crippen MR) is 71.3 cm³/mol. The second kappa shape index (κ2) is 5.86. The largest absolute Gasteiger partial charge is 0.494 e. The number of carboxylic acids is 1. The number of carboxylic acid groups (broad SMARTS) is 1. The van der Waals surface area contributed by atoms with Crippen LogP contribution in [-0.2, 0) is 4.79 Å². The van der Waals surface area contributed by atoms with Gasteiger partial charge in [-0.3, -0.25) is 4.79 Å². The maximum atomic E-state index is 13.4. The van der Waals surface area contributed by atoms with Crippen LogP contribution in [0.25, 0.3) is 11.4 Å². The molecule has 0 amide bonds. The van der Waals surface area contributed by atoms with E-state index in [-0.39, 0.29) is 5.75 Å². The van der Waals surface area contributed by atoms with Crippen molar-refractivity contribution in [3.63, 3.8) is 0 Å². The van der Waals surface area contributed by atoms with Gasteiger partial charge < -0.3 is 9.84 Å². The molecule has 2 aromatic rings. The lowest BCUT2D eigenvalue weighted by Gasteiger charge is -2.17. The Hall–Kier alpha value is -2.51. The van der Waals surface area contributed by atoms with Gasteiger partial charge in [0.2, 0.25) is 0 Å². The molecule has 0 saturated heterocycles. The lowest BCUT2D eigenvalue weighted by Crippen LogP contribution is -2.23. The number of methoxy groups -OCH3 is 1. The van der Waals surface area contributed by atoms with Crippen LogP contribution in [-0.4, -0.2) is 38.4 Å². The fourth-order valence-electron chi connectivity index (χ4n) is 1.88. The van der Waals surface area contributed by atoms with Crippen molar-refractivity contribution in [1.29, 1.82) is 0 Å². The van der Waals surface area contributed by atoms with Gasteiger partial charge in [0.25, 0.3) is 0 Å². The monoisotopic (exact) mass is 294 g/mol. The zero-order valence-corrected chi connectivity index (χ0v) is 11.8. The van der Waals surface area contributed by atoms with Crippen molar-refractivity contribution in [1.82, 2.24) is 20.2 Å². The Kier molecular flexibility index (Phi) is 4.15. The number of benzene rings is 1. The lowest BCUT2D eigenvalue weighted by atomic mass is 10.0. The van der Waals surface area contributed by atoms with E-state index in [1.54, 1.807) is 13.8 Å². The Morgan fingerprint density at radius 2 is 2.14 bits per heavy atom. The highest BCUT2D eigenvalue weighted by Gasteiger charge is 2.25. The first-order valence-electron chi connectivity index (χ1n) is 6.30. The molecule has 0 aliphatic heterocycles.